The van der Waals surface area contributed by atoms with E-state index < -0.39 is 26.6 Å². The number of amides is 1. The Kier molecular flexibility index (Phi) is 7.10. The molecule has 1 heterocycles. The first-order valence-corrected chi connectivity index (χ1v) is 11.8. The predicted octanol–water partition coefficient (Wildman–Crippen LogP) is 4.10. The Morgan fingerprint density at radius 2 is 1.67 bits per heavy atom. The van der Waals surface area contributed by atoms with Gasteiger partial charge in [0.05, 0.1) is 0 Å². The summed E-state index contributed by atoms with van der Waals surface area (Å²) in [7, 11) is -3.97. The Balaban J connectivity index is 1.79. The zero-order valence-corrected chi connectivity index (χ0v) is 18.2. The van der Waals surface area contributed by atoms with Gasteiger partial charge in [-0.2, -0.15) is 4.31 Å². The standard InChI is InChI=1S/C22H28FN3O3S/c1-3-25(4-2)19-11-9-18(10-12-19)24-22(27)17-8-13-20(23)21(16-17)30(28,29)26-14-6-5-7-15-26/h8-13,16H,3-7,14-15H2,1-2H3,(H,24,27). The molecule has 0 saturated carbocycles. The zero-order chi connectivity index (χ0) is 21.7. The van der Waals surface area contributed by atoms with Crippen molar-refractivity contribution >= 4 is 27.3 Å². The highest BCUT2D eigenvalue weighted by atomic mass is 32.2. The minimum atomic E-state index is -3.97. The SMILES string of the molecule is CCN(CC)c1ccc(NC(=O)c2ccc(F)c(S(=O)(=O)N3CCCCC3)c2)cc1. The fourth-order valence-electron chi connectivity index (χ4n) is 3.63. The zero-order valence-electron chi connectivity index (χ0n) is 17.4. The van der Waals surface area contributed by atoms with Gasteiger partial charge in [0.2, 0.25) is 10.0 Å². The molecule has 0 aromatic heterocycles. The maximum absolute atomic E-state index is 14.4. The largest absolute Gasteiger partial charge is 0.372 e. The second-order valence-corrected chi connectivity index (χ2v) is 9.19. The summed E-state index contributed by atoms with van der Waals surface area (Å²) in [5.74, 6) is -1.33. The lowest BCUT2D eigenvalue weighted by atomic mass is 10.2. The monoisotopic (exact) mass is 433 g/mol. The van der Waals surface area contributed by atoms with E-state index in [9.17, 15) is 17.6 Å². The van der Waals surface area contributed by atoms with Gasteiger partial charge in [-0.1, -0.05) is 6.42 Å². The summed E-state index contributed by atoms with van der Waals surface area (Å²) in [4.78, 5) is 14.4. The Hall–Kier alpha value is -2.45. The van der Waals surface area contributed by atoms with Gasteiger partial charge in [0.1, 0.15) is 10.7 Å². The molecule has 1 saturated heterocycles. The maximum Gasteiger partial charge on any atom is 0.255 e. The van der Waals surface area contributed by atoms with Crippen molar-refractivity contribution in [3.8, 4) is 0 Å². The van der Waals surface area contributed by atoms with Crippen LogP contribution in [0.25, 0.3) is 0 Å². The van der Waals surface area contributed by atoms with E-state index in [0.717, 1.165) is 50.2 Å². The molecule has 1 N–H and O–H groups in total. The molecule has 1 fully saturated rings. The number of hydrogen-bond donors (Lipinski definition) is 1. The molecule has 30 heavy (non-hydrogen) atoms. The van der Waals surface area contributed by atoms with Gasteiger partial charge in [-0.25, -0.2) is 12.8 Å². The molecule has 162 valence electrons. The van der Waals surface area contributed by atoms with Crippen molar-refractivity contribution in [2.24, 2.45) is 0 Å². The van der Waals surface area contributed by atoms with Crippen molar-refractivity contribution in [1.29, 1.82) is 0 Å². The third-order valence-electron chi connectivity index (χ3n) is 5.38. The van der Waals surface area contributed by atoms with Crippen LogP contribution in [0, 0.1) is 5.82 Å². The van der Waals surface area contributed by atoms with Gasteiger partial charge in [-0.15, -0.1) is 0 Å². The molecule has 0 radical (unpaired) electrons. The van der Waals surface area contributed by atoms with Crippen molar-refractivity contribution < 1.29 is 17.6 Å². The third-order valence-corrected chi connectivity index (χ3v) is 7.29. The fraction of sp³-hybridized carbons (Fsp3) is 0.409. The molecular formula is C22H28FN3O3S. The van der Waals surface area contributed by atoms with Crippen molar-refractivity contribution in [3.05, 3.63) is 53.8 Å². The van der Waals surface area contributed by atoms with Crippen LogP contribution >= 0.6 is 0 Å². The molecule has 8 heteroatoms. The van der Waals surface area contributed by atoms with Gasteiger partial charge in [-0.3, -0.25) is 4.79 Å². The number of carbonyl (C=O) groups is 1. The van der Waals surface area contributed by atoms with Crippen LogP contribution in [-0.4, -0.2) is 44.8 Å². The normalized spacial score (nSPS) is 15.0. The second-order valence-electron chi connectivity index (χ2n) is 7.28. The first kappa shape index (κ1) is 22.2. The fourth-order valence-corrected chi connectivity index (χ4v) is 5.24. The minimum absolute atomic E-state index is 0.0970. The highest BCUT2D eigenvalue weighted by Crippen LogP contribution is 2.25. The number of sulfonamides is 1. The highest BCUT2D eigenvalue weighted by Gasteiger charge is 2.29. The maximum atomic E-state index is 14.4. The molecule has 0 aliphatic carbocycles. The van der Waals surface area contributed by atoms with Crippen molar-refractivity contribution in [2.75, 3.05) is 36.4 Å². The summed E-state index contributed by atoms with van der Waals surface area (Å²) in [6.07, 6.45) is 2.47. The topological polar surface area (TPSA) is 69.7 Å². The number of carbonyl (C=O) groups excluding carboxylic acids is 1. The Labute approximate surface area is 177 Å². The number of rotatable bonds is 7. The van der Waals surface area contributed by atoms with E-state index in [1.807, 2.05) is 12.1 Å². The number of hydrogen-bond acceptors (Lipinski definition) is 4. The predicted molar refractivity (Wildman–Crippen MR) is 117 cm³/mol. The smallest absolute Gasteiger partial charge is 0.255 e. The summed E-state index contributed by atoms with van der Waals surface area (Å²) in [6, 6.07) is 10.9. The number of anilines is 2. The summed E-state index contributed by atoms with van der Waals surface area (Å²) < 4.78 is 41.3. The number of nitrogens with one attached hydrogen (secondary N) is 1. The third kappa shape index (κ3) is 4.82. The summed E-state index contributed by atoms with van der Waals surface area (Å²) >= 11 is 0. The number of benzene rings is 2. The average Bonchev–Trinajstić information content (AvgIpc) is 2.76. The molecule has 0 bridgehead atoms. The highest BCUT2D eigenvalue weighted by molar-refractivity contribution is 7.89. The van der Waals surface area contributed by atoms with Crippen LogP contribution in [-0.2, 0) is 10.0 Å². The molecule has 2 aromatic carbocycles. The first-order valence-electron chi connectivity index (χ1n) is 10.3. The van der Waals surface area contributed by atoms with E-state index in [4.69, 9.17) is 0 Å². The van der Waals surface area contributed by atoms with Gasteiger partial charge >= 0.3 is 0 Å². The summed E-state index contributed by atoms with van der Waals surface area (Å²) in [5, 5.41) is 2.75. The molecule has 0 atom stereocenters. The summed E-state index contributed by atoms with van der Waals surface area (Å²) in [6.45, 7) is 6.65. The van der Waals surface area contributed by atoms with E-state index in [-0.39, 0.29) is 5.56 Å². The lowest BCUT2D eigenvalue weighted by Crippen LogP contribution is -2.36. The van der Waals surface area contributed by atoms with E-state index >= 15 is 0 Å². The molecule has 0 unspecified atom stereocenters. The van der Waals surface area contributed by atoms with Gasteiger partial charge < -0.3 is 10.2 Å². The van der Waals surface area contributed by atoms with Crippen LogP contribution in [0.15, 0.2) is 47.4 Å². The van der Waals surface area contributed by atoms with E-state index in [1.165, 1.54) is 10.4 Å². The lowest BCUT2D eigenvalue weighted by molar-refractivity contribution is 0.102. The quantitative estimate of drug-likeness (QED) is 0.714. The molecule has 3 rings (SSSR count). The van der Waals surface area contributed by atoms with E-state index in [2.05, 4.69) is 24.1 Å². The Morgan fingerprint density at radius 3 is 2.27 bits per heavy atom. The number of piperidine rings is 1. The van der Waals surface area contributed by atoms with Crippen LogP contribution in [0.1, 0.15) is 43.5 Å². The van der Waals surface area contributed by atoms with Gasteiger partial charge in [0.15, 0.2) is 0 Å². The molecule has 0 spiro atoms. The Bertz CT molecular complexity index is 983. The average molecular weight is 434 g/mol. The van der Waals surface area contributed by atoms with Crippen LogP contribution in [0.5, 0.6) is 0 Å². The van der Waals surface area contributed by atoms with Crippen LogP contribution in [0.3, 0.4) is 0 Å². The van der Waals surface area contributed by atoms with Crippen LogP contribution in [0.2, 0.25) is 0 Å². The van der Waals surface area contributed by atoms with Gasteiger partial charge in [0, 0.05) is 43.1 Å². The number of halogens is 1. The van der Waals surface area contributed by atoms with E-state index in [0.29, 0.717) is 18.8 Å². The second kappa shape index (κ2) is 9.57. The molecule has 1 aliphatic heterocycles. The lowest BCUT2D eigenvalue weighted by Gasteiger charge is -2.26. The minimum Gasteiger partial charge on any atom is -0.372 e. The summed E-state index contributed by atoms with van der Waals surface area (Å²) in [5.41, 5.74) is 1.73. The van der Waals surface area contributed by atoms with Gasteiger partial charge in [0.25, 0.3) is 5.91 Å². The first-order chi connectivity index (χ1) is 14.4. The number of nitrogens with zero attached hydrogens (tertiary/aromatic N) is 2. The molecule has 1 amide bonds. The molecule has 2 aromatic rings. The van der Waals surface area contributed by atoms with E-state index in [1.54, 1.807) is 12.1 Å². The van der Waals surface area contributed by atoms with Crippen molar-refractivity contribution in [3.63, 3.8) is 0 Å². The molecule has 1 aliphatic rings. The molecular weight excluding hydrogens is 405 g/mol. The van der Waals surface area contributed by atoms with Crippen LogP contribution in [0.4, 0.5) is 15.8 Å². The molecule has 6 nitrogen and oxygen atoms in total. The van der Waals surface area contributed by atoms with Crippen molar-refractivity contribution in [1.82, 2.24) is 4.31 Å². The van der Waals surface area contributed by atoms with Crippen molar-refractivity contribution in [2.45, 2.75) is 38.0 Å². The van der Waals surface area contributed by atoms with Crippen LogP contribution < -0.4 is 10.2 Å². The Morgan fingerprint density at radius 1 is 1.03 bits per heavy atom. The van der Waals surface area contributed by atoms with Gasteiger partial charge in [-0.05, 0) is 69.2 Å².